The molecule has 0 spiro atoms. The predicted molar refractivity (Wildman–Crippen MR) is 64.0 cm³/mol. The number of imide groups is 1. The summed E-state index contributed by atoms with van der Waals surface area (Å²) in [5, 5.41) is 3.32. The van der Waals surface area contributed by atoms with Crippen molar-refractivity contribution in [2.24, 2.45) is 5.92 Å². The average Bonchev–Trinajstić information content (AvgIpc) is 3.09. The Balaban J connectivity index is 1.89. The van der Waals surface area contributed by atoms with Gasteiger partial charge in [-0.25, -0.2) is 9.69 Å². The topological polar surface area (TPSA) is 49.4 Å². The van der Waals surface area contributed by atoms with Crippen molar-refractivity contribution >= 4 is 29.2 Å². The van der Waals surface area contributed by atoms with E-state index >= 15 is 0 Å². The van der Waals surface area contributed by atoms with E-state index in [1.165, 1.54) is 4.90 Å². The van der Waals surface area contributed by atoms with E-state index in [1.807, 2.05) is 0 Å². The monoisotopic (exact) mass is 250 g/mol. The van der Waals surface area contributed by atoms with Crippen LogP contribution in [0.25, 0.3) is 0 Å². The summed E-state index contributed by atoms with van der Waals surface area (Å²) in [7, 11) is 0. The number of benzene rings is 1. The molecular weight excluding hydrogens is 240 g/mol. The van der Waals surface area contributed by atoms with Crippen LogP contribution in [-0.2, 0) is 4.79 Å². The summed E-state index contributed by atoms with van der Waals surface area (Å²) in [4.78, 5) is 25.1. The predicted octanol–water partition coefficient (Wildman–Crippen LogP) is 2.17. The van der Waals surface area contributed by atoms with Crippen LogP contribution in [0.4, 0.5) is 10.5 Å². The molecular formula is C12H11ClN2O2. The summed E-state index contributed by atoms with van der Waals surface area (Å²) in [6.07, 6.45) is 2.04. The summed E-state index contributed by atoms with van der Waals surface area (Å²) < 4.78 is 0. The zero-order valence-corrected chi connectivity index (χ0v) is 9.78. The number of rotatable bonds is 2. The lowest BCUT2D eigenvalue weighted by atomic mass is 10.2. The highest BCUT2D eigenvalue weighted by Crippen LogP contribution is 2.36. The molecule has 1 aromatic rings. The molecule has 1 atom stereocenters. The standard InChI is InChI=1S/C12H11ClN2O2/c13-8-3-5-9(6-4-8)15-11(16)10(7-1-2-7)14-12(15)17/h3-7,10H,1-2H2,(H,14,17). The van der Waals surface area contributed by atoms with Gasteiger partial charge in [-0.3, -0.25) is 4.79 Å². The molecule has 1 saturated heterocycles. The van der Waals surface area contributed by atoms with E-state index in [9.17, 15) is 9.59 Å². The minimum Gasteiger partial charge on any atom is -0.325 e. The number of amides is 3. The van der Waals surface area contributed by atoms with E-state index in [4.69, 9.17) is 11.6 Å². The lowest BCUT2D eigenvalue weighted by molar-refractivity contribution is -0.118. The largest absolute Gasteiger partial charge is 0.329 e. The average molecular weight is 251 g/mol. The molecule has 5 heteroatoms. The number of carbonyl (C=O) groups excluding carboxylic acids is 2. The summed E-state index contributed by atoms with van der Waals surface area (Å²) in [6, 6.07) is 6.01. The van der Waals surface area contributed by atoms with Gasteiger partial charge in [0.05, 0.1) is 5.69 Å². The highest BCUT2D eigenvalue weighted by Gasteiger charge is 2.46. The van der Waals surface area contributed by atoms with E-state index in [2.05, 4.69) is 5.32 Å². The van der Waals surface area contributed by atoms with Crippen LogP contribution >= 0.6 is 11.6 Å². The molecule has 1 aliphatic heterocycles. The van der Waals surface area contributed by atoms with Gasteiger partial charge in [-0.05, 0) is 43.0 Å². The van der Waals surface area contributed by atoms with Gasteiger partial charge in [-0.15, -0.1) is 0 Å². The molecule has 0 aromatic heterocycles. The number of hydrogen-bond donors (Lipinski definition) is 1. The summed E-state index contributed by atoms with van der Waals surface area (Å²) >= 11 is 5.78. The lowest BCUT2D eigenvalue weighted by Gasteiger charge is -2.12. The summed E-state index contributed by atoms with van der Waals surface area (Å²) in [6.45, 7) is 0. The Labute approximate surface area is 104 Å². The maximum Gasteiger partial charge on any atom is 0.329 e. The third kappa shape index (κ3) is 1.78. The Morgan fingerprint density at radius 2 is 1.82 bits per heavy atom. The van der Waals surface area contributed by atoms with Crippen molar-refractivity contribution in [3.8, 4) is 0 Å². The number of carbonyl (C=O) groups is 2. The quantitative estimate of drug-likeness (QED) is 0.818. The van der Waals surface area contributed by atoms with Gasteiger partial charge in [-0.2, -0.15) is 0 Å². The van der Waals surface area contributed by atoms with Gasteiger partial charge >= 0.3 is 6.03 Å². The molecule has 1 aliphatic carbocycles. The van der Waals surface area contributed by atoms with Crippen LogP contribution < -0.4 is 10.2 Å². The van der Waals surface area contributed by atoms with Crippen molar-refractivity contribution in [2.75, 3.05) is 4.90 Å². The molecule has 88 valence electrons. The Kier molecular flexibility index (Phi) is 2.33. The summed E-state index contributed by atoms with van der Waals surface area (Å²) in [5.41, 5.74) is 0.569. The van der Waals surface area contributed by atoms with Crippen LogP contribution in [0.15, 0.2) is 24.3 Å². The first kappa shape index (κ1) is 10.6. The van der Waals surface area contributed by atoms with Crippen LogP contribution in [0.2, 0.25) is 5.02 Å². The number of nitrogens with zero attached hydrogens (tertiary/aromatic N) is 1. The molecule has 3 amide bonds. The van der Waals surface area contributed by atoms with E-state index in [0.717, 1.165) is 12.8 Å². The fraction of sp³-hybridized carbons (Fsp3) is 0.333. The molecule has 1 aromatic carbocycles. The molecule has 1 heterocycles. The Morgan fingerprint density at radius 3 is 2.41 bits per heavy atom. The molecule has 3 rings (SSSR count). The number of anilines is 1. The zero-order chi connectivity index (χ0) is 12.0. The number of urea groups is 1. The third-order valence-corrected chi connectivity index (χ3v) is 3.40. The second-order valence-electron chi connectivity index (χ2n) is 4.41. The van der Waals surface area contributed by atoms with Gasteiger partial charge in [0, 0.05) is 5.02 Å². The first-order valence-electron chi connectivity index (χ1n) is 5.57. The highest BCUT2D eigenvalue weighted by atomic mass is 35.5. The van der Waals surface area contributed by atoms with Crippen LogP contribution in [-0.4, -0.2) is 18.0 Å². The number of hydrogen-bond acceptors (Lipinski definition) is 2. The Morgan fingerprint density at radius 1 is 1.18 bits per heavy atom. The van der Waals surface area contributed by atoms with E-state index in [1.54, 1.807) is 24.3 Å². The highest BCUT2D eigenvalue weighted by molar-refractivity contribution is 6.30. The maximum absolute atomic E-state index is 12.1. The second-order valence-corrected chi connectivity index (χ2v) is 4.85. The van der Waals surface area contributed by atoms with Gasteiger partial charge in [0.2, 0.25) is 0 Å². The fourth-order valence-electron chi connectivity index (χ4n) is 2.08. The smallest absolute Gasteiger partial charge is 0.325 e. The van der Waals surface area contributed by atoms with Gasteiger partial charge in [-0.1, -0.05) is 11.6 Å². The molecule has 2 aliphatic rings. The molecule has 0 radical (unpaired) electrons. The molecule has 1 saturated carbocycles. The first-order valence-corrected chi connectivity index (χ1v) is 5.94. The van der Waals surface area contributed by atoms with Crippen molar-refractivity contribution in [1.82, 2.24) is 5.32 Å². The summed E-state index contributed by atoms with van der Waals surface area (Å²) in [5.74, 6) is 0.170. The SMILES string of the molecule is O=C1NC(C2CC2)C(=O)N1c1ccc(Cl)cc1. The minimum atomic E-state index is -0.339. The Bertz CT molecular complexity index is 482. The molecule has 4 nitrogen and oxygen atoms in total. The number of halogens is 1. The van der Waals surface area contributed by atoms with Crippen LogP contribution in [0.1, 0.15) is 12.8 Å². The van der Waals surface area contributed by atoms with E-state index in [-0.39, 0.29) is 18.0 Å². The molecule has 2 fully saturated rings. The minimum absolute atomic E-state index is 0.153. The maximum atomic E-state index is 12.1. The van der Waals surface area contributed by atoms with E-state index < -0.39 is 0 Å². The number of nitrogens with one attached hydrogen (secondary N) is 1. The van der Waals surface area contributed by atoms with Crippen LogP contribution in [0.5, 0.6) is 0 Å². The molecule has 1 unspecified atom stereocenters. The van der Waals surface area contributed by atoms with Gasteiger partial charge in [0.15, 0.2) is 0 Å². The fourth-order valence-corrected chi connectivity index (χ4v) is 2.21. The van der Waals surface area contributed by atoms with Crippen LogP contribution in [0.3, 0.4) is 0 Å². The molecule has 1 N–H and O–H groups in total. The second kappa shape index (κ2) is 3.74. The van der Waals surface area contributed by atoms with Crippen LogP contribution in [0, 0.1) is 5.92 Å². The van der Waals surface area contributed by atoms with Crippen molar-refractivity contribution in [2.45, 2.75) is 18.9 Å². The van der Waals surface area contributed by atoms with Gasteiger partial charge in [0.25, 0.3) is 5.91 Å². The van der Waals surface area contributed by atoms with Gasteiger partial charge in [0.1, 0.15) is 6.04 Å². The Hall–Kier alpha value is -1.55. The normalized spacial score (nSPS) is 24.1. The van der Waals surface area contributed by atoms with Crippen molar-refractivity contribution in [3.63, 3.8) is 0 Å². The molecule has 17 heavy (non-hydrogen) atoms. The zero-order valence-electron chi connectivity index (χ0n) is 9.02. The van der Waals surface area contributed by atoms with Crippen molar-refractivity contribution in [3.05, 3.63) is 29.3 Å². The van der Waals surface area contributed by atoms with Gasteiger partial charge < -0.3 is 5.32 Å². The lowest BCUT2D eigenvalue weighted by Crippen LogP contribution is -2.32. The first-order chi connectivity index (χ1) is 8.16. The third-order valence-electron chi connectivity index (χ3n) is 3.15. The van der Waals surface area contributed by atoms with E-state index in [0.29, 0.717) is 16.6 Å². The van der Waals surface area contributed by atoms with Crippen molar-refractivity contribution < 1.29 is 9.59 Å². The molecule has 0 bridgehead atoms. The van der Waals surface area contributed by atoms with Crippen molar-refractivity contribution in [1.29, 1.82) is 0 Å².